The highest BCUT2D eigenvalue weighted by Gasteiger charge is 2.57. The van der Waals surface area contributed by atoms with Gasteiger partial charge in [-0.05, 0) is 31.9 Å². The van der Waals surface area contributed by atoms with Gasteiger partial charge < -0.3 is 0 Å². The summed E-state index contributed by atoms with van der Waals surface area (Å²) < 4.78 is 0. The number of amides is 4. The minimum absolute atomic E-state index is 0.395. The van der Waals surface area contributed by atoms with Gasteiger partial charge in [0.15, 0.2) is 0 Å². The number of nitrogens with one attached hydrogen (secondary N) is 1. The zero-order valence-corrected chi connectivity index (χ0v) is 10.5. The molecule has 1 N–H and O–H groups in total. The summed E-state index contributed by atoms with van der Waals surface area (Å²) in [6, 6.07) is 2.68. The van der Waals surface area contributed by atoms with Crippen molar-refractivity contribution in [3.8, 4) is 0 Å². The highest BCUT2D eigenvalue weighted by molar-refractivity contribution is 6.30. The van der Waals surface area contributed by atoms with Crippen LogP contribution < -0.4 is 10.2 Å². The minimum atomic E-state index is -1.04. The Morgan fingerprint density at radius 1 is 1.26 bits per heavy atom. The predicted molar refractivity (Wildman–Crippen MR) is 66.3 cm³/mol. The number of carbonyl (C=O) groups is 3. The van der Waals surface area contributed by atoms with Gasteiger partial charge in [-0.1, -0.05) is 6.42 Å². The van der Waals surface area contributed by atoms with Crippen molar-refractivity contribution < 1.29 is 14.4 Å². The van der Waals surface area contributed by atoms with Gasteiger partial charge in [0.1, 0.15) is 5.41 Å². The number of nitrogens with zero attached hydrogens (tertiary/aromatic N) is 2. The summed E-state index contributed by atoms with van der Waals surface area (Å²) in [5, 5.41) is 2.27. The van der Waals surface area contributed by atoms with Crippen molar-refractivity contribution in [2.45, 2.75) is 26.2 Å². The van der Waals surface area contributed by atoms with Gasteiger partial charge in [0.25, 0.3) is 5.91 Å². The Hall–Kier alpha value is -2.24. The molecular weight excluding hydrogens is 246 g/mol. The van der Waals surface area contributed by atoms with Gasteiger partial charge in [0.2, 0.25) is 5.91 Å². The van der Waals surface area contributed by atoms with Crippen LogP contribution in [0.15, 0.2) is 18.3 Å². The number of imide groups is 2. The molecule has 2 heterocycles. The lowest BCUT2D eigenvalue weighted by Crippen LogP contribution is -2.66. The standard InChI is InChI=1S/C13H13N3O3/c1-8-3-4-9(7-14-8)16-11(18)13(5-2-6-13)10(17)15-12(16)19/h3-4,7H,2,5-6H2,1H3,(H,15,17,19). The molecule has 0 atom stereocenters. The Labute approximate surface area is 109 Å². The van der Waals surface area contributed by atoms with Crippen molar-refractivity contribution in [3.63, 3.8) is 0 Å². The number of urea groups is 1. The van der Waals surface area contributed by atoms with Crippen LogP contribution in [0.2, 0.25) is 0 Å². The molecule has 1 aromatic heterocycles. The van der Waals surface area contributed by atoms with Gasteiger partial charge >= 0.3 is 6.03 Å². The fourth-order valence-electron chi connectivity index (χ4n) is 2.47. The van der Waals surface area contributed by atoms with Gasteiger partial charge in [-0.2, -0.15) is 0 Å². The fraction of sp³-hybridized carbons (Fsp3) is 0.385. The molecule has 0 radical (unpaired) electrons. The number of pyridine rings is 1. The number of anilines is 1. The van der Waals surface area contributed by atoms with Crippen molar-refractivity contribution in [2.24, 2.45) is 5.41 Å². The third-order valence-electron chi connectivity index (χ3n) is 3.83. The van der Waals surface area contributed by atoms with E-state index in [9.17, 15) is 14.4 Å². The Kier molecular flexibility index (Phi) is 2.41. The molecule has 2 fully saturated rings. The first-order valence-corrected chi connectivity index (χ1v) is 6.17. The minimum Gasteiger partial charge on any atom is -0.276 e. The van der Waals surface area contributed by atoms with E-state index >= 15 is 0 Å². The van der Waals surface area contributed by atoms with Crippen molar-refractivity contribution in [1.29, 1.82) is 0 Å². The molecule has 1 spiro atoms. The van der Waals surface area contributed by atoms with E-state index in [2.05, 4.69) is 10.3 Å². The zero-order valence-electron chi connectivity index (χ0n) is 10.5. The molecule has 98 valence electrons. The van der Waals surface area contributed by atoms with Crippen LogP contribution in [0, 0.1) is 12.3 Å². The van der Waals surface area contributed by atoms with E-state index in [1.165, 1.54) is 6.20 Å². The molecule has 3 rings (SSSR count). The van der Waals surface area contributed by atoms with Crippen molar-refractivity contribution in [1.82, 2.24) is 10.3 Å². The molecule has 1 aliphatic heterocycles. The molecule has 0 bridgehead atoms. The highest BCUT2D eigenvalue weighted by atomic mass is 16.2. The number of barbiturate groups is 1. The lowest BCUT2D eigenvalue weighted by molar-refractivity contribution is -0.148. The molecule has 1 aromatic rings. The Morgan fingerprint density at radius 3 is 2.53 bits per heavy atom. The number of hydrogen-bond donors (Lipinski definition) is 1. The second kappa shape index (κ2) is 3.88. The van der Waals surface area contributed by atoms with E-state index in [1.54, 1.807) is 12.1 Å². The molecule has 4 amide bonds. The normalized spacial score (nSPS) is 21.3. The summed E-state index contributed by atoms with van der Waals surface area (Å²) >= 11 is 0. The zero-order chi connectivity index (χ0) is 13.6. The second-order valence-electron chi connectivity index (χ2n) is 4.99. The summed E-state index contributed by atoms with van der Waals surface area (Å²) in [6.45, 7) is 1.82. The lowest BCUT2D eigenvalue weighted by atomic mass is 9.66. The van der Waals surface area contributed by atoms with Crippen molar-refractivity contribution in [3.05, 3.63) is 24.0 Å². The van der Waals surface area contributed by atoms with E-state index in [1.807, 2.05) is 6.92 Å². The van der Waals surface area contributed by atoms with Crippen LogP contribution in [0.25, 0.3) is 0 Å². The Balaban J connectivity index is 2.00. The number of carbonyl (C=O) groups excluding carboxylic acids is 3. The van der Waals surface area contributed by atoms with Gasteiger partial charge in [-0.15, -0.1) is 0 Å². The van der Waals surface area contributed by atoms with E-state index in [-0.39, 0.29) is 0 Å². The van der Waals surface area contributed by atoms with Crippen molar-refractivity contribution >= 4 is 23.5 Å². The first-order valence-electron chi connectivity index (χ1n) is 6.17. The maximum Gasteiger partial charge on any atom is 0.335 e. The largest absolute Gasteiger partial charge is 0.335 e. The molecule has 0 unspecified atom stereocenters. The summed E-state index contributed by atoms with van der Waals surface area (Å²) in [5.74, 6) is -0.900. The summed E-state index contributed by atoms with van der Waals surface area (Å²) in [6.07, 6.45) is 3.30. The molecule has 19 heavy (non-hydrogen) atoms. The number of hydrogen-bond acceptors (Lipinski definition) is 4. The SMILES string of the molecule is Cc1ccc(N2C(=O)NC(=O)C3(CCC3)C2=O)cn1. The topological polar surface area (TPSA) is 79.4 Å². The van der Waals surface area contributed by atoms with Crippen LogP contribution in [-0.4, -0.2) is 22.8 Å². The number of rotatable bonds is 1. The maximum atomic E-state index is 12.5. The fourth-order valence-corrected chi connectivity index (χ4v) is 2.47. The van der Waals surface area contributed by atoms with Gasteiger partial charge in [0.05, 0.1) is 11.9 Å². The quantitative estimate of drug-likeness (QED) is 0.767. The summed E-state index contributed by atoms with van der Waals surface area (Å²) in [5.41, 5.74) is 0.147. The molecule has 1 aliphatic carbocycles. The van der Waals surface area contributed by atoms with Gasteiger partial charge in [-0.25, -0.2) is 9.69 Å². The van der Waals surface area contributed by atoms with Crippen LogP contribution in [-0.2, 0) is 9.59 Å². The smallest absolute Gasteiger partial charge is 0.276 e. The van der Waals surface area contributed by atoms with Crippen molar-refractivity contribution in [2.75, 3.05) is 4.90 Å². The molecule has 1 saturated heterocycles. The first-order chi connectivity index (χ1) is 9.04. The number of aromatic nitrogens is 1. The summed E-state index contributed by atoms with van der Waals surface area (Å²) in [7, 11) is 0. The molecular formula is C13H13N3O3. The Morgan fingerprint density at radius 2 is 2.00 bits per heavy atom. The summed E-state index contributed by atoms with van der Waals surface area (Å²) in [4.78, 5) is 41.3. The second-order valence-corrected chi connectivity index (χ2v) is 4.99. The molecule has 1 saturated carbocycles. The third-order valence-corrected chi connectivity index (χ3v) is 3.83. The van der Waals surface area contributed by atoms with E-state index in [0.29, 0.717) is 18.5 Å². The molecule has 2 aliphatic rings. The lowest BCUT2D eigenvalue weighted by Gasteiger charge is -2.44. The highest BCUT2D eigenvalue weighted by Crippen LogP contribution is 2.45. The van der Waals surface area contributed by atoms with Crippen LogP contribution in [0.3, 0.4) is 0 Å². The Bertz CT molecular complexity index is 575. The average molecular weight is 259 g/mol. The van der Waals surface area contributed by atoms with E-state index < -0.39 is 23.3 Å². The van der Waals surface area contributed by atoms with Crippen LogP contribution in [0.5, 0.6) is 0 Å². The van der Waals surface area contributed by atoms with Gasteiger partial charge in [0, 0.05) is 5.69 Å². The van der Waals surface area contributed by atoms with Crippen LogP contribution in [0.4, 0.5) is 10.5 Å². The molecule has 0 aromatic carbocycles. The van der Waals surface area contributed by atoms with Gasteiger partial charge in [-0.3, -0.25) is 19.9 Å². The van der Waals surface area contributed by atoms with E-state index in [4.69, 9.17) is 0 Å². The van der Waals surface area contributed by atoms with E-state index in [0.717, 1.165) is 17.0 Å². The molecule has 6 heteroatoms. The predicted octanol–water partition coefficient (Wildman–Crippen LogP) is 1.14. The molecule has 6 nitrogen and oxygen atoms in total. The van der Waals surface area contributed by atoms with Crippen LogP contribution >= 0.6 is 0 Å². The third kappa shape index (κ3) is 1.56. The number of aryl methyl sites for hydroxylation is 1. The average Bonchev–Trinajstić information content (AvgIpc) is 2.29. The van der Waals surface area contributed by atoms with Crippen LogP contribution in [0.1, 0.15) is 25.0 Å². The monoisotopic (exact) mass is 259 g/mol. The maximum absolute atomic E-state index is 12.5. The first kappa shape index (κ1) is 11.8.